The van der Waals surface area contributed by atoms with Gasteiger partial charge in [0.05, 0.1) is 5.38 Å². The Kier molecular flexibility index (Phi) is 5.28. The molecule has 19 heavy (non-hydrogen) atoms. The Morgan fingerprint density at radius 1 is 1.26 bits per heavy atom. The van der Waals surface area contributed by atoms with Gasteiger partial charge in [-0.1, -0.05) is 35.2 Å². The maximum atomic E-state index is 12.3. The van der Waals surface area contributed by atoms with E-state index in [1.807, 2.05) is 25.1 Å². The Hall–Kier alpha value is -0.540. The molecule has 0 bridgehead atoms. The van der Waals surface area contributed by atoms with Crippen LogP contribution in [0.4, 0.5) is 0 Å². The molecule has 0 heterocycles. The highest BCUT2D eigenvalue weighted by atomic mass is 79.9. The van der Waals surface area contributed by atoms with Crippen molar-refractivity contribution >= 4 is 33.4 Å². The average Bonchev–Trinajstić information content (AvgIpc) is 2.54. The molecular formula is C15H19BrClNO. The van der Waals surface area contributed by atoms with E-state index >= 15 is 0 Å². The third-order valence-electron chi connectivity index (χ3n) is 3.55. The fourth-order valence-electron chi connectivity index (χ4n) is 2.54. The van der Waals surface area contributed by atoms with Crippen molar-refractivity contribution in [2.75, 3.05) is 0 Å². The van der Waals surface area contributed by atoms with Crippen LogP contribution in [0.1, 0.15) is 48.0 Å². The third-order valence-corrected chi connectivity index (χ3v) is 4.53. The third kappa shape index (κ3) is 4.22. The molecular weight excluding hydrogens is 326 g/mol. The summed E-state index contributed by atoms with van der Waals surface area (Å²) in [6, 6.07) is 5.84. The number of hydrogen-bond acceptors (Lipinski definition) is 1. The highest BCUT2D eigenvalue weighted by Gasteiger charge is 2.23. The van der Waals surface area contributed by atoms with E-state index in [-0.39, 0.29) is 17.3 Å². The molecule has 1 aromatic rings. The zero-order valence-electron chi connectivity index (χ0n) is 11.1. The normalized spacial score (nSPS) is 23.7. The number of rotatable bonds is 2. The van der Waals surface area contributed by atoms with Gasteiger partial charge in [-0.05, 0) is 43.5 Å². The first-order valence-electron chi connectivity index (χ1n) is 6.78. The van der Waals surface area contributed by atoms with Gasteiger partial charge in [0.1, 0.15) is 0 Å². The monoisotopic (exact) mass is 343 g/mol. The van der Waals surface area contributed by atoms with Gasteiger partial charge < -0.3 is 5.32 Å². The van der Waals surface area contributed by atoms with Gasteiger partial charge >= 0.3 is 0 Å². The molecule has 0 saturated heterocycles. The summed E-state index contributed by atoms with van der Waals surface area (Å²) < 4.78 is 0.931. The molecule has 0 aromatic heterocycles. The second-order valence-corrected chi connectivity index (χ2v) is 6.73. The lowest BCUT2D eigenvalue weighted by atomic mass is 10.1. The molecule has 1 aliphatic carbocycles. The van der Waals surface area contributed by atoms with Gasteiger partial charge in [-0.2, -0.15) is 0 Å². The maximum absolute atomic E-state index is 12.3. The first-order valence-corrected chi connectivity index (χ1v) is 8.01. The molecule has 104 valence electrons. The number of aryl methyl sites for hydroxylation is 1. The molecule has 4 heteroatoms. The van der Waals surface area contributed by atoms with Crippen molar-refractivity contribution in [3.63, 3.8) is 0 Å². The molecule has 0 radical (unpaired) electrons. The average molecular weight is 345 g/mol. The lowest BCUT2D eigenvalue weighted by molar-refractivity contribution is 0.0934. The fraction of sp³-hybridized carbons (Fsp3) is 0.533. The van der Waals surface area contributed by atoms with Gasteiger partial charge in [-0.3, -0.25) is 4.79 Å². The molecule has 1 amide bonds. The summed E-state index contributed by atoms with van der Waals surface area (Å²) >= 11 is 9.78. The Labute approximate surface area is 128 Å². The second kappa shape index (κ2) is 6.76. The number of nitrogens with one attached hydrogen (secondary N) is 1. The van der Waals surface area contributed by atoms with E-state index in [0.29, 0.717) is 5.56 Å². The first-order chi connectivity index (χ1) is 9.06. The van der Waals surface area contributed by atoms with Crippen molar-refractivity contribution in [1.82, 2.24) is 5.32 Å². The van der Waals surface area contributed by atoms with E-state index in [0.717, 1.165) is 35.7 Å². The van der Waals surface area contributed by atoms with E-state index in [1.165, 1.54) is 6.42 Å². The number of hydrogen-bond donors (Lipinski definition) is 1. The molecule has 2 unspecified atom stereocenters. The largest absolute Gasteiger partial charge is 0.348 e. The zero-order chi connectivity index (χ0) is 13.8. The molecule has 0 spiro atoms. The van der Waals surface area contributed by atoms with Crippen LogP contribution in [0, 0.1) is 6.92 Å². The lowest BCUT2D eigenvalue weighted by Gasteiger charge is -2.21. The van der Waals surface area contributed by atoms with Crippen LogP contribution in [0.15, 0.2) is 22.7 Å². The van der Waals surface area contributed by atoms with Crippen molar-refractivity contribution in [3.05, 3.63) is 33.8 Å². The fourth-order valence-corrected chi connectivity index (χ4v) is 3.50. The molecule has 0 aliphatic heterocycles. The van der Waals surface area contributed by atoms with Crippen molar-refractivity contribution in [2.45, 2.75) is 50.4 Å². The minimum Gasteiger partial charge on any atom is -0.348 e. The summed E-state index contributed by atoms with van der Waals surface area (Å²) in [4.78, 5) is 12.3. The summed E-state index contributed by atoms with van der Waals surface area (Å²) in [5.41, 5.74) is 1.77. The topological polar surface area (TPSA) is 29.1 Å². The summed E-state index contributed by atoms with van der Waals surface area (Å²) in [5, 5.41) is 3.14. The van der Waals surface area contributed by atoms with Crippen LogP contribution in [-0.2, 0) is 0 Å². The van der Waals surface area contributed by atoms with E-state index in [4.69, 9.17) is 11.6 Å². The molecule has 1 fully saturated rings. The van der Waals surface area contributed by atoms with Crippen LogP contribution in [0.25, 0.3) is 0 Å². The molecule has 2 nitrogen and oxygen atoms in total. The number of alkyl halides is 1. The Balaban J connectivity index is 2.07. The highest BCUT2D eigenvalue weighted by Crippen LogP contribution is 2.23. The summed E-state index contributed by atoms with van der Waals surface area (Å²) in [5.74, 6) is -0.0260. The van der Waals surface area contributed by atoms with Crippen molar-refractivity contribution in [1.29, 1.82) is 0 Å². The zero-order valence-corrected chi connectivity index (χ0v) is 13.4. The SMILES string of the molecule is Cc1cc(Br)cc(C(=O)NC2CCCCCC2Cl)c1. The quantitative estimate of drug-likeness (QED) is 0.624. The number of carbonyl (C=O) groups excluding carboxylic acids is 1. The predicted octanol–water partition coefficient (Wildman–Crippen LogP) is 4.43. The number of halogens is 2. The van der Waals surface area contributed by atoms with Gasteiger partial charge in [0.25, 0.3) is 5.91 Å². The van der Waals surface area contributed by atoms with Crippen molar-refractivity contribution in [3.8, 4) is 0 Å². The van der Waals surface area contributed by atoms with Gasteiger partial charge in [-0.15, -0.1) is 11.6 Å². The number of benzene rings is 1. The number of carbonyl (C=O) groups is 1. The minimum atomic E-state index is -0.0260. The summed E-state index contributed by atoms with van der Waals surface area (Å²) in [6.07, 6.45) is 5.49. The minimum absolute atomic E-state index is 0.0260. The van der Waals surface area contributed by atoms with E-state index in [2.05, 4.69) is 21.2 Å². The van der Waals surface area contributed by atoms with Crippen LogP contribution in [0.3, 0.4) is 0 Å². The molecule has 2 atom stereocenters. The van der Waals surface area contributed by atoms with Crippen molar-refractivity contribution in [2.24, 2.45) is 0 Å². The van der Waals surface area contributed by atoms with Gasteiger partial charge in [-0.25, -0.2) is 0 Å². The molecule has 2 rings (SSSR count). The maximum Gasteiger partial charge on any atom is 0.251 e. The van der Waals surface area contributed by atoms with Crippen LogP contribution < -0.4 is 5.32 Å². The highest BCUT2D eigenvalue weighted by molar-refractivity contribution is 9.10. The van der Waals surface area contributed by atoms with Crippen LogP contribution in [0.2, 0.25) is 0 Å². The Morgan fingerprint density at radius 3 is 2.74 bits per heavy atom. The standard InChI is InChI=1S/C15H19BrClNO/c1-10-7-11(9-12(16)8-10)15(19)18-14-6-4-2-3-5-13(14)17/h7-9,13-14H,2-6H2,1H3,(H,18,19). The lowest BCUT2D eigenvalue weighted by Crippen LogP contribution is -2.40. The molecule has 1 N–H and O–H groups in total. The number of amides is 1. The van der Waals surface area contributed by atoms with Crippen LogP contribution >= 0.6 is 27.5 Å². The van der Waals surface area contributed by atoms with Crippen LogP contribution in [0.5, 0.6) is 0 Å². The smallest absolute Gasteiger partial charge is 0.251 e. The molecule has 1 saturated carbocycles. The van der Waals surface area contributed by atoms with Crippen molar-refractivity contribution < 1.29 is 4.79 Å². The summed E-state index contributed by atoms with van der Waals surface area (Å²) in [6.45, 7) is 1.98. The Morgan fingerprint density at radius 2 is 2.00 bits per heavy atom. The van der Waals surface area contributed by atoms with E-state index in [1.54, 1.807) is 0 Å². The van der Waals surface area contributed by atoms with Crippen LogP contribution in [-0.4, -0.2) is 17.3 Å². The molecule has 1 aliphatic rings. The summed E-state index contributed by atoms with van der Waals surface area (Å²) in [7, 11) is 0. The van der Waals surface area contributed by atoms with Gasteiger partial charge in [0.15, 0.2) is 0 Å². The van der Waals surface area contributed by atoms with E-state index in [9.17, 15) is 4.79 Å². The van der Waals surface area contributed by atoms with Gasteiger partial charge in [0, 0.05) is 16.1 Å². The molecule has 1 aromatic carbocycles. The first kappa shape index (κ1) is 14.9. The van der Waals surface area contributed by atoms with Gasteiger partial charge in [0.2, 0.25) is 0 Å². The second-order valence-electron chi connectivity index (χ2n) is 5.25. The predicted molar refractivity (Wildman–Crippen MR) is 82.9 cm³/mol. The Bertz CT molecular complexity index is 443. The van der Waals surface area contributed by atoms with E-state index < -0.39 is 0 Å².